The highest BCUT2D eigenvalue weighted by molar-refractivity contribution is 5.70. The Balaban J connectivity index is 1.13. The number of nitriles is 1. The Morgan fingerprint density at radius 3 is 2.32 bits per heavy atom. The molecule has 3 fully saturated rings. The first-order valence-corrected chi connectivity index (χ1v) is 12.0. The highest BCUT2D eigenvalue weighted by atomic mass is 16.6. The smallest absolute Gasteiger partial charge is 0.410 e. The Hall–Kier alpha value is -3.18. The number of anilines is 1. The Morgan fingerprint density at radius 1 is 1.12 bits per heavy atom. The standard InChI is InChI=1S/C26H32N6O2/c1-19-12-31(23-28-10-22(9-27)11-29-23)13-20(2)32(19)24(33)34-25(3)15-26(16-25)17-30(18-26)14-21-7-5-4-6-8-21/h4-8,10-11,19-20H,12-18H2,1-3H3/t19-,20+. The van der Waals surface area contributed by atoms with Crippen LogP contribution in [0.25, 0.3) is 0 Å². The minimum atomic E-state index is -0.386. The molecule has 0 bridgehead atoms. The van der Waals surface area contributed by atoms with Crippen molar-refractivity contribution in [2.24, 2.45) is 5.41 Å². The summed E-state index contributed by atoms with van der Waals surface area (Å²) < 4.78 is 6.09. The number of amides is 1. The number of rotatable bonds is 4. The van der Waals surface area contributed by atoms with Gasteiger partial charge < -0.3 is 9.64 Å². The van der Waals surface area contributed by atoms with Gasteiger partial charge in [0.25, 0.3) is 0 Å². The molecule has 1 aliphatic carbocycles. The Labute approximate surface area is 201 Å². The molecule has 8 heteroatoms. The zero-order valence-corrected chi connectivity index (χ0v) is 20.1. The average molecular weight is 461 g/mol. The van der Waals surface area contributed by atoms with Crippen molar-refractivity contribution in [3.05, 3.63) is 53.9 Å². The quantitative estimate of drug-likeness (QED) is 0.691. The van der Waals surface area contributed by atoms with Crippen LogP contribution in [0.5, 0.6) is 0 Å². The lowest BCUT2D eigenvalue weighted by molar-refractivity contribution is -0.187. The maximum atomic E-state index is 13.2. The molecule has 0 radical (unpaired) electrons. The second-order valence-corrected chi connectivity index (χ2v) is 10.7. The second-order valence-electron chi connectivity index (χ2n) is 10.7. The molecule has 8 nitrogen and oxygen atoms in total. The molecule has 0 N–H and O–H groups in total. The van der Waals surface area contributed by atoms with E-state index >= 15 is 0 Å². The maximum absolute atomic E-state index is 13.2. The first kappa shape index (κ1) is 22.6. The number of hydrogen-bond acceptors (Lipinski definition) is 7. The van der Waals surface area contributed by atoms with E-state index in [1.807, 2.05) is 24.8 Å². The number of hydrogen-bond donors (Lipinski definition) is 0. The summed E-state index contributed by atoms with van der Waals surface area (Å²) in [6.45, 7) is 10.5. The van der Waals surface area contributed by atoms with Crippen molar-refractivity contribution in [2.75, 3.05) is 31.1 Å². The Kier molecular flexibility index (Phi) is 5.68. The topological polar surface area (TPSA) is 85.6 Å². The van der Waals surface area contributed by atoms with Crippen molar-refractivity contribution in [1.29, 1.82) is 5.26 Å². The number of carbonyl (C=O) groups excluding carboxylic acids is 1. The zero-order valence-electron chi connectivity index (χ0n) is 20.1. The van der Waals surface area contributed by atoms with E-state index in [9.17, 15) is 4.79 Å². The SMILES string of the molecule is C[C@@H]1CN(c2ncc(C#N)cn2)C[C@H](C)N1C(=O)OC1(C)CC2(CN(Cc3ccccc3)C2)C1. The number of aromatic nitrogens is 2. The zero-order chi connectivity index (χ0) is 23.9. The van der Waals surface area contributed by atoms with Crippen LogP contribution in [0.2, 0.25) is 0 Å². The normalized spacial score (nSPS) is 25.2. The van der Waals surface area contributed by atoms with Crippen LogP contribution in [0.3, 0.4) is 0 Å². The van der Waals surface area contributed by atoms with E-state index in [4.69, 9.17) is 10.00 Å². The fraction of sp³-hybridized carbons (Fsp3) is 0.538. The maximum Gasteiger partial charge on any atom is 0.410 e. The van der Waals surface area contributed by atoms with Gasteiger partial charge in [-0.25, -0.2) is 14.8 Å². The predicted octanol–water partition coefficient (Wildman–Crippen LogP) is 3.44. The lowest BCUT2D eigenvalue weighted by atomic mass is 9.55. The van der Waals surface area contributed by atoms with Gasteiger partial charge in [0.1, 0.15) is 11.7 Å². The fourth-order valence-electron chi connectivity index (χ4n) is 6.34. The van der Waals surface area contributed by atoms with Crippen LogP contribution in [-0.2, 0) is 11.3 Å². The van der Waals surface area contributed by atoms with Gasteiger partial charge in [-0.2, -0.15) is 5.26 Å². The molecule has 2 aromatic rings. The molecule has 178 valence electrons. The molecule has 1 spiro atoms. The summed E-state index contributed by atoms with van der Waals surface area (Å²) in [4.78, 5) is 28.2. The third-order valence-corrected chi connectivity index (χ3v) is 7.38. The first-order valence-electron chi connectivity index (χ1n) is 12.0. The number of piperazine rings is 1. The molecule has 2 aliphatic heterocycles. The van der Waals surface area contributed by atoms with Crippen LogP contribution in [0, 0.1) is 16.7 Å². The number of nitrogens with zero attached hydrogens (tertiary/aromatic N) is 6. The largest absolute Gasteiger partial charge is 0.443 e. The van der Waals surface area contributed by atoms with Gasteiger partial charge in [0.2, 0.25) is 5.95 Å². The van der Waals surface area contributed by atoms with E-state index in [2.05, 4.69) is 57.0 Å². The average Bonchev–Trinajstić information content (AvgIpc) is 2.77. The van der Waals surface area contributed by atoms with Gasteiger partial charge in [-0.15, -0.1) is 0 Å². The van der Waals surface area contributed by atoms with E-state index in [1.54, 1.807) is 0 Å². The summed E-state index contributed by atoms with van der Waals surface area (Å²) in [7, 11) is 0. The summed E-state index contributed by atoms with van der Waals surface area (Å²) in [6.07, 6.45) is 4.70. The molecular weight excluding hydrogens is 428 g/mol. The third kappa shape index (κ3) is 4.32. The van der Waals surface area contributed by atoms with Crippen molar-refractivity contribution in [1.82, 2.24) is 19.8 Å². The van der Waals surface area contributed by atoms with Crippen LogP contribution in [0.1, 0.15) is 44.7 Å². The van der Waals surface area contributed by atoms with Crippen molar-refractivity contribution in [3.8, 4) is 6.07 Å². The van der Waals surface area contributed by atoms with E-state index in [0.717, 1.165) is 32.5 Å². The van der Waals surface area contributed by atoms with Gasteiger partial charge >= 0.3 is 6.09 Å². The summed E-state index contributed by atoms with van der Waals surface area (Å²) in [6, 6.07) is 12.6. The monoisotopic (exact) mass is 460 g/mol. The second kappa shape index (κ2) is 8.55. The predicted molar refractivity (Wildman–Crippen MR) is 128 cm³/mol. The van der Waals surface area contributed by atoms with Gasteiger partial charge in [0, 0.05) is 38.1 Å². The van der Waals surface area contributed by atoms with Crippen LogP contribution in [0.4, 0.5) is 10.7 Å². The number of likely N-dealkylation sites (tertiary alicyclic amines) is 1. The van der Waals surface area contributed by atoms with E-state index < -0.39 is 0 Å². The van der Waals surface area contributed by atoms with Crippen LogP contribution < -0.4 is 4.90 Å². The van der Waals surface area contributed by atoms with Crippen molar-refractivity contribution < 1.29 is 9.53 Å². The lowest BCUT2D eigenvalue weighted by Gasteiger charge is -2.63. The van der Waals surface area contributed by atoms with Gasteiger partial charge in [0.05, 0.1) is 30.0 Å². The third-order valence-electron chi connectivity index (χ3n) is 7.38. The molecule has 5 rings (SSSR count). The number of ether oxygens (including phenoxy) is 1. The summed E-state index contributed by atoms with van der Waals surface area (Å²) >= 11 is 0. The molecule has 0 unspecified atom stereocenters. The highest BCUT2D eigenvalue weighted by Gasteiger charge is 2.60. The molecule has 1 aromatic heterocycles. The van der Waals surface area contributed by atoms with E-state index in [1.165, 1.54) is 18.0 Å². The molecule has 1 amide bonds. The van der Waals surface area contributed by atoms with Crippen molar-refractivity contribution in [3.63, 3.8) is 0 Å². The van der Waals surface area contributed by atoms with Crippen LogP contribution >= 0.6 is 0 Å². The highest BCUT2D eigenvalue weighted by Crippen LogP contribution is 2.56. The van der Waals surface area contributed by atoms with Crippen LogP contribution in [0.15, 0.2) is 42.7 Å². The Bertz CT molecular complexity index is 1060. The molecule has 1 saturated carbocycles. The molecule has 3 heterocycles. The lowest BCUT2D eigenvalue weighted by Crippen LogP contribution is -2.68. The van der Waals surface area contributed by atoms with Gasteiger partial charge in [-0.3, -0.25) is 9.80 Å². The Morgan fingerprint density at radius 2 is 1.74 bits per heavy atom. The van der Waals surface area contributed by atoms with Crippen LogP contribution in [-0.4, -0.2) is 69.7 Å². The molecule has 2 saturated heterocycles. The first-order chi connectivity index (χ1) is 16.3. The number of carbonyl (C=O) groups is 1. The summed E-state index contributed by atoms with van der Waals surface area (Å²) in [5.74, 6) is 0.587. The molecule has 3 aliphatic rings. The minimum absolute atomic E-state index is 0.0294. The molecule has 34 heavy (non-hydrogen) atoms. The number of benzene rings is 1. The van der Waals surface area contributed by atoms with Crippen molar-refractivity contribution in [2.45, 2.75) is 57.8 Å². The van der Waals surface area contributed by atoms with Crippen molar-refractivity contribution >= 4 is 12.0 Å². The minimum Gasteiger partial charge on any atom is -0.443 e. The summed E-state index contributed by atoms with van der Waals surface area (Å²) in [5, 5.41) is 8.96. The molecular formula is C26H32N6O2. The van der Waals surface area contributed by atoms with E-state index in [-0.39, 0.29) is 23.8 Å². The van der Waals surface area contributed by atoms with Gasteiger partial charge in [-0.1, -0.05) is 30.3 Å². The fourth-order valence-corrected chi connectivity index (χ4v) is 6.34. The molecule has 1 aromatic carbocycles. The molecule has 2 atom stereocenters. The van der Waals surface area contributed by atoms with E-state index in [0.29, 0.717) is 30.0 Å². The van der Waals surface area contributed by atoms with Gasteiger partial charge in [0.15, 0.2) is 0 Å². The summed E-state index contributed by atoms with van der Waals surface area (Å²) in [5.41, 5.74) is 1.70. The van der Waals surface area contributed by atoms with Gasteiger partial charge in [-0.05, 0) is 39.2 Å².